The number of rotatable bonds is 4. The molecule has 2 aromatic rings. The Labute approximate surface area is 133 Å². The Hall–Kier alpha value is -1.82. The summed E-state index contributed by atoms with van der Waals surface area (Å²) in [6, 6.07) is 11.3. The molecule has 1 fully saturated rings. The molecule has 5 heteroatoms. The SMILES string of the molecule is NC1CC(C(O)C(c2ccc(F)cc2)c2ccc(F)cc2)C1O. The first-order valence-corrected chi connectivity index (χ1v) is 7.60. The van der Waals surface area contributed by atoms with Gasteiger partial charge in [0.1, 0.15) is 11.6 Å². The monoisotopic (exact) mass is 319 g/mol. The van der Waals surface area contributed by atoms with Gasteiger partial charge in [-0.15, -0.1) is 0 Å². The zero-order chi connectivity index (χ0) is 16.6. The highest BCUT2D eigenvalue weighted by Crippen LogP contribution is 2.39. The molecular weight excluding hydrogens is 300 g/mol. The lowest BCUT2D eigenvalue weighted by atomic mass is 9.68. The molecular formula is C18H19F2NO2. The molecule has 4 N–H and O–H groups in total. The van der Waals surface area contributed by atoms with Crippen LogP contribution >= 0.6 is 0 Å². The van der Waals surface area contributed by atoms with Gasteiger partial charge >= 0.3 is 0 Å². The molecule has 0 heterocycles. The smallest absolute Gasteiger partial charge is 0.123 e. The van der Waals surface area contributed by atoms with Gasteiger partial charge in [0.05, 0.1) is 12.2 Å². The van der Waals surface area contributed by atoms with Crippen molar-refractivity contribution in [1.29, 1.82) is 0 Å². The molecule has 0 spiro atoms. The van der Waals surface area contributed by atoms with E-state index < -0.39 is 18.1 Å². The largest absolute Gasteiger partial charge is 0.392 e. The molecule has 1 saturated carbocycles. The molecule has 0 saturated heterocycles. The van der Waals surface area contributed by atoms with Crippen molar-refractivity contribution < 1.29 is 19.0 Å². The standard InChI is InChI=1S/C18H19F2NO2/c19-12-5-1-10(2-6-12)16(11-3-7-13(20)8-4-11)18(23)14-9-15(21)17(14)22/h1-8,14-18,22-23H,9,21H2. The van der Waals surface area contributed by atoms with Gasteiger partial charge in [0.25, 0.3) is 0 Å². The van der Waals surface area contributed by atoms with Gasteiger partial charge in [-0.05, 0) is 41.8 Å². The quantitative estimate of drug-likeness (QED) is 0.809. The molecule has 1 aliphatic carbocycles. The van der Waals surface area contributed by atoms with Crippen molar-refractivity contribution in [1.82, 2.24) is 0 Å². The van der Waals surface area contributed by atoms with Gasteiger partial charge in [-0.1, -0.05) is 24.3 Å². The van der Waals surface area contributed by atoms with Crippen LogP contribution in [0.1, 0.15) is 23.5 Å². The van der Waals surface area contributed by atoms with Crippen LogP contribution in [-0.4, -0.2) is 28.5 Å². The van der Waals surface area contributed by atoms with Gasteiger partial charge in [0, 0.05) is 17.9 Å². The third kappa shape index (κ3) is 3.13. The molecule has 122 valence electrons. The molecule has 0 aromatic heterocycles. The highest BCUT2D eigenvalue weighted by Gasteiger charge is 2.44. The fourth-order valence-corrected chi connectivity index (χ4v) is 3.23. The van der Waals surface area contributed by atoms with E-state index in [1.165, 1.54) is 24.3 Å². The molecule has 3 rings (SSSR count). The number of hydrogen-bond acceptors (Lipinski definition) is 3. The van der Waals surface area contributed by atoms with Gasteiger partial charge in [-0.2, -0.15) is 0 Å². The van der Waals surface area contributed by atoms with E-state index in [0.29, 0.717) is 17.5 Å². The van der Waals surface area contributed by atoms with Gasteiger partial charge in [-0.25, -0.2) is 8.78 Å². The lowest BCUT2D eigenvalue weighted by Gasteiger charge is -2.44. The second kappa shape index (κ2) is 6.35. The Bertz CT molecular complexity index is 614. The third-order valence-corrected chi connectivity index (χ3v) is 4.66. The highest BCUT2D eigenvalue weighted by atomic mass is 19.1. The fraction of sp³-hybridized carbons (Fsp3) is 0.333. The molecule has 2 aromatic carbocycles. The molecule has 4 atom stereocenters. The van der Waals surface area contributed by atoms with Crippen LogP contribution in [0.25, 0.3) is 0 Å². The van der Waals surface area contributed by atoms with Crippen LogP contribution in [0.5, 0.6) is 0 Å². The van der Waals surface area contributed by atoms with Crippen molar-refractivity contribution in [3.63, 3.8) is 0 Å². The van der Waals surface area contributed by atoms with E-state index in [1.54, 1.807) is 24.3 Å². The van der Waals surface area contributed by atoms with Gasteiger partial charge in [0.2, 0.25) is 0 Å². The summed E-state index contributed by atoms with van der Waals surface area (Å²) in [5.41, 5.74) is 7.12. The van der Waals surface area contributed by atoms with Crippen LogP contribution in [0.2, 0.25) is 0 Å². The molecule has 0 amide bonds. The summed E-state index contributed by atoms with van der Waals surface area (Å²) in [5.74, 6) is -1.58. The van der Waals surface area contributed by atoms with Crippen molar-refractivity contribution in [2.75, 3.05) is 0 Å². The summed E-state index contributed by atoms with van der Waals surface area (Å²) >= 11 is 0. The Morgan fingerprint density at radius 1 is 0.913 bits per heavy atom. The number of hydrogen-bond donors (Lipinski definition) is 3. The average Bonchev–Trinajstić information content (AvgIpc) is 2.55. The first kappa shape index (κ1) is 16.1. The maximum Gasteiger partial charge on any atom is 0.123 e. The Kier molecular flexibility index (Phi) is 4.43. The number of aliphatic hydroxyl groups excluding tert-OH is 2. The maximum absolute atomic E-state index is 13.2. The normalized spacial score (nSPS) is 25.2. The van der Waals surface area contributed by atoms with Crippen molar-refractivity contribution >= 4 is 0 Å². The number of benzene rings is 2. The second-order valence-corrected chi connectivity index (χ2v) is 6.13. The molecule has 0 bridgehead atoms. The molecule has 0 radical (unpaired) electrons. The van der Waals surface area contributed by atoms with Crippen LogP contribution in [0, 0.1) is 17.6 Å². The zero-order valence-corrected chi connectivity index (χ0v) is 12.4. The van der Waals surface area contributed by atoms with Crippen molar-refractivity contribution in [3.05, 3.63) is 71.3 Å². The topological polar surface area (TPSA) is 66.5 Å². The fourth-order valence-electron chi connectivity index (χ4n) is 3.23. The molecule has 4 unspecified atom stereocenters. The first-order chi connectivity index (χ1) is 11.0. The van der Waals surface area contributed by atoms with Gasteiger partial charge < -0.3 is 15.9 Å². The molecule has 3 nitrogen and oxygen atoms in total. The van der Waals surface area contributed by atoms with Crippen LogP contribution in [-0.2, 0) is 0 Å². The summed E-state index contributed by atoms with van der Waals surface area (Å²) in [6.45, 7) is 0. The highest BCUT2D eigenvalue weighted by molar-refractivity contribution is 5.35. The van der Waals surface area contributed by atoms with Crippen molar-refractivity contribution in [2.45, 2.75) is 30.6 Å². The van der Waals surface area contributed by atoms with E-state index in [1.807, 2.05) is 0 Å². The average molecular weight is 319 g/mol. The summed E-state index contributed by atoms with van der Waals surface area (Å²) in [6.07, 6.45) is -1.14. The van der Waals surface area contributed by atoms with Crippen LogP contribution in [0.3, 0.4) is 0 Å². The van der Waals surface area contributed by atoms with Gasteiger partial charge in [0.15, 0.2) is 0 Å². The van der Waals surface area contributed by atoms with Crippen LogP contribution in [0.15, 0.2) is 48.5 Å². The number of nitrogens with two attached hydrogens (primary N) is 1. The van der Waals surface area contributed by atoms with Crippen molar-refractivity contribution in [2.24, 2.45) is 11.7 Å². The summed E-state index contributed by atoms with van der Waals surface area (Å²) < 4.78 is 26.4. The van der Waals surface area contributed by atoms with Crippen molar-refractivity contribution in [3.8, 4) is 0 Å². The first-order valence-electron chi connectivity index (χ1n) is 7.60. The van der Waals surface area contributed by atoms with Gasteiger partial charge in [-0.3, -0.25) is 0 Å². The minimum absolute atomic E-state index is 0.336. The summed E-state index contributed by atoms with van der Waals surface area (Å²) in [5, 5.41) is 20.7. The van der Waals surface area contributed by atoms with Crippen LogP contribution in [0.4, 0.5) is 8.78 Å². The van der Waals surface area contributed by atoms with E-state index in [9.17, 15) is 19.0 Å². The zero-order valence-electron chi connectivity index (χ0n) is 12.4. The third-order valence-electron chi connectivity index (χ3n) is 4.66. The lowest BCUT2D eigenvalue weighted by molar-refractivity contribution is -0.0717. The molecule has 23 heavy (non-hydrogen) atoms. The van der Waals surface area contributed by atoms with E-state index in [4.69, 9.17) is 5.73 Å². The summed E-state index contributed by atoms with van der Waals surface area (Å²) in [4.78, 5) is 0. The predicted octanol–water partition coefficient (Wildman–Crippen LogP) is 2.17. The predicted molar refractivity (Wildman–Crippen MR) is 82.7 cm³/mol. The minimum Gasteiger partial charge on any atom is -0.392 e. The second-order valence-electron chi connectivity index (χ2n) is 6.13. The Morgan fingerprint density at radius 2 is 1.35 bits per heavy atom. The Morgan fingerprint density at radius 3 is 1.70 bits per heavy atom. The van der Waals surface area contributed by atoms with E-state index >= 15 is 0 Å². The number of halogens is 2. The lowest BCUT2D eigenvalue weighted by Crippen LogP contribution is -2.57. The molecule has 1 aliphatic rings. The summed E-state index contributed by atoms with van der Waals surface area (Å²) in [7, 11) is 0. The number of aliphatic hydroxyl groups is 2. The van der Waals surface area contributed by atoms with E-state index in [-0.39, 0.29) is 23.6 Å². The van der Waals surface area contributed by atoms with Crippen LogP contribution < -0.4 is 5.73 Å². The van der Waals surface area contributed by atoms with E-state index in [2.05, 4.69) is 0 Å². The maximum atomic E-state index is 13.2. The molecule has 0 aliphatic heterocycles. The Balaban J connectivity index is 1.96. The minimum atomic E-state index is -0.888. The van der Waals surface area contributed by atoms with E-state index in [0.717, 1.165) is 0 Å².